The van der Waals surface area contributed by atoms with Gasteiger partial charge >= 0.3 is 0 Å². The van der Waals surface area contributed by atoms with Gasteiger partial charge in [-0.15, -0.1) is 24.0 Å². The minimum Gasteiger partial charge on any atom is -0.487 e. The number of nitrogens with one attached hydrogen (secondary N) is 2. The fourth-order valence-corrected chi connectivity index (χ4v) is 3.73. The van der Waals surface area contributed by atoms with Gasteiger partial charge in [0.05, 0.1) is 6.04 Å². The van der Waals surface area contributed by atoms with E-state index in [1.54, 1.807) is 26.0 Å². The molecule has 0 bridgehead atoms. The zero-order valence-corrected chi connectivity index (χ0v) is 21.3. The Kier molecular flexibility index (Phi) is 8.73. The molecule has 168 valence electrons. The van der Waals surface area contributed by atoms with E-state index in [1.165, 1.54) is 0 Å². The summed E-state index contributed by atoms with van der Waals surface area (Å²) in [5.41, 5.74) is 2.73. The van der Waals surface area contributed by atoms with Gasteiger partial charge in [0.2, 0.25) is 0 Å². The first-order valence-corrected chi connectivity index (χ1v) is 10.3. The average Bonchev–Trinajstić information content (AvgIpc) is 2.71. The predicted octanol–water partition coefficient (Wildman–Crippen LogP) is 4.02. The summed E-state index contributed by atoms with van der Waals surface area (Å²) in [6.45, 7) is 4.93. The molecule has 2 N–H and O–H groups in total. The van der Waals surface area contributed by atoms with Crippen molar-refractivity contribution in [2.75, 3.05) is 27.7 Å². The van der Waals surface area contributed by atoms with Crippen molar-refractivity contribution in [3.05, 3.63) is 65.2 Å². The van der Waals surface area contributed by atoms with Crippen LogP contribution in [-0.2, 0) is 6.42 Å². The standard InChI is InChI=1S/C24H32N4O2.HI/c1-24(2)16-20(19-11-6-7-12-21(19)30-24)27-23(25-3)26-14-13-17-9-8-10-18(15-17)22(29)28(4)5;/h6-12,15,20H,13-14,16H2,1-5H3,(H2,25,26,27);1H. The van der Waals surface area contributed by atoms with Crippen LogP contribution in [0.3, 0.4) is 0 Å². The van der Waals surface area contributed by atoms with Crippen molar-refractivity contribution in [2.45, 2.75) is 38.3 Å². The average molecular weight is 536 g/mol. The number of hydrogen-bond acceptors (Lipinski definition) is 3. The van der Waals surface area contributed by atoms with Crippen LogP contribution in [0.5, 0.6) is 5.75 Å². The van der Waals surface area contributed by atoms with Gasteiger partial charge < -0.3 is 20.3 Å². The lowest BCUT2D eigenvalue weighted by Gasteiger charge is -2.38. The zero-order valence-electron chi connectivity index (χ0n) is 18.9. The maximum absolute atomic E-state index is 12.2. The minimum absolute atomic E-state index is 0. The van der Waals surface area contributed by atoms with Crippen molar-refractivity contribution < 1.29 is 9.53 Å². The van der Waals surface area contributed by atoms with Crippen LogP contribution in [0.15, 0.2) is 53.5 Å². The maximum Gasteiger partial charge on any atom is 0.253 e. The Morgan fingerprint density at radius 2 is 1.94 bits per heavy atom. The van der Waals surface area contributed by atoms with Gasteiger partial charge in [0.25, 0.3) is 5.91 Å². The quantitative estimate of drug-likeness (QED) is 0.345. The fraction of sp³-hybridized carbons (Fsp3) is 0.417. The third kappa shape index (κ3) is 6.59. The number of carbonyl (C=O) groups is 1. The van der Waals surface area contributed by atoms with E-state index in [0.29, 0.717) is 12.1 Å². The molecule has 3 rings (SSSR count). The van der Waals surface area contributed by atoms with Crippen LogP contribution < -0.4 is 15.4 Å². The Hall–Kier alpha value is -2.29. The summed E-state index contributed by atoms with van der Waals surface area (Å²) in [5.74, 6) is 1.69. The van der Waals surface area contributed by atoms with E-state index < -0.39 is 0 Å². The first kappa shape index (κ1) is 25.0. The molecule has 2 aromatic rings. The highest BCUT2D eigenvalue weighted by Gasteiger charge is 2.33. The Labute approximate surface area is 202 Å². The molecule has 0 saturated carbocycles. The van der Waals surface area contributed by atoms with Crippen molar-refractivity contribution in [3.8, 4) is 5.75 Å². The molecule has 1 amide bonds. The van der Waals surface area contributed by atoms with E-state index in [0.717, 1.165) is 35.7 Å². The molecular formula is C24H33IN4O2. The van der Waals surface area contributed by atoms with E-state index in [9.17, 15) is 4.79 Å². The van der Waals surface area contributed by atoms with Crippen molar-refractivity contribution in [1.29, 1.82) is 0 Å². The van der Waals surface area contributed by atoms with E-state index in [-0.39, 0.29) is 41.5 Å². The minimum atomic E-state index is -0.246. The van der Waals surface area contributed by atoms with Gasteiger partial charge in [0.1, 0.15) is 11.4 Å². The van der Waals surface area contributed by atoms with E-state index in [1.807, 2.05) is 42.5 Å². The molecule has 0 radical (unpaired) electrons. The summed E-state index contributed by atoms with van der Waals surface area (Å²) in [6, 6.07) is 16.1. The van der Waals surface area contributed by atoms with Gasteiger partial charge in [-0.1, -0.05) is 30.3 Å². The summed E-state index contributed by atoms with van der Waals surface area (Å²) in [4.78, 5) is 18.2. The molecule has 31 heavy (non-hydrogen) atoms. The smallest absolute Gasteiger partial charge is 0.253 e. The zero-order chi connectivity index (χ0) is 21.7. The summed E-state index contributed by atoms with van der Waals surface area (Å²) in [7, 11) is 5.31. The van der Waals surface area contributed by atoms with Crippen molar-refractivity contribution in [3.63, 3.8) is 0 Å². The molecule has 1 aliphatic heterocycles. The lowest BCUT2D eigenvalue weighted by molar-refractivity contribution is 0.0694. The van der Waals surface area contributed by atoms with Gasteiger partial charge in [-0.3, -0.25) is 9.79 Å². The highest BCUT2D eigenvalue weighted by molar-refractivity contribution is 14.0. The number of ether oxygens (including phenoxy) is 1. The SMILES string of the molecule is CN=C(NCCc1cccc(C(=O)N(C)C)c1)NC1CC(C)(C)Oc2ccccc21.I. The largest absolute Gasteiger partial charge is 0.487 e. The number of aliphatic imine (C=N–C) groups is 1. The van der Waals surface area contributed by atoms with E-state index in [2.05, 4.69) is 35.5 Å². The number of guanidine groups is 1. The predicted molar refractivity (Wildman–Crippen MR) is 137 cm³/mol. The molecule has 1 heterocycles. The number of rotatable bonds is 5. The molecule has 0 aromatic heterocycles. The summed E-state index contributed by atoms with van der Waals surface area (Å²) < 4.78 is 6.12. The topological polar surface area (TPSA) is 66.0 Å². The number of benzene rings is 2. The van der Waals surface area contributed by atoms with Crippen LogP contribution in [0.25, 0.3) is 0 Å². The Morgan fingerprint density at radius 1 is 1.19 bits per heavy atom. The Bertz CT molecular complexity index is 927. The monoisotopic (exact) mass is 536 g/mol. The van der Waals surface area contributed by atoms with Crippen LogP contribution in [-0.4, -0.2) is 50.1 Å². The number of carbonyl (C=O) groups excluding carboxylic acids is 1. The van der Waals surface area contributed by atoms with Gasteiger partial charge in [-0.25, -0.2) is 0 Å². The second-order valence-corrected chi connectivity index (χ2v) is 8.45. The Morgan fingerprint density at radius 3 is 2.65 bits per heavy atom. The first-order valence-electron chi connectivity index (χ1n) is 10.3. The van der Waals surface area contributed by atoms with Gasteiger partial charge in [-0.05, 0) is 44.0 Å². The molecule has 7 heteroatoms. The highest BCUT2D eigenvalue weighted by atomic mass is 127. The van der Waals surface area contributed by atoms with Gasteiger partial charge in [0.15, 0.2) is 5.96 Å². The number of para-hydroxylation sites is 1. The second-order valence-electron chi connectivity index (χ2n) is 8.45. The molecule has 6 nitrogen and oxygen atoms in total. The molecule has 0 spiro atoms. The molecule has 2 aromatic carbocycles. The molecule has 0 fully saturated rings. The lowest BCUT2D eigenvalue weighted by Crippen LogP contribution is -2.45. The van der Waals surface area contributed by atoms with E-state index >= 15 is 0 Å². The molecule has 1 unspecified atom stereocenters. The number of halogens is 1. The van der Waals surface area contributed by atoms with Crippen LogP contribution in [0, 0.1) is 0 Å². The van der Waals surface area contributed by atoms with E-state index in [4.69, 9.17) is 4.74 Å². The Balaban J connectivity index is 0.00000341. The number of hydrogen-bond donors (Lipinski definition) is 2. The van der Waals surface area contributed by atoms with Gasteiger partial charge in [-0.2, -0.15) is 0 Å². The van der Waals surface area contributed by atoms with Crippen LogP contribution in [0.4, 0.5) is 0 Å². The van der Waals surface area contributed by atoms with Gasteiger partial charge in [0, 0.05) is 45.2 Å². The van der Waals surface area contributed by atoms with Crippen molar-refractivity contribution in [1.82, 2.24) is 15.5 Å². The summed E-state index contributed by atoms with van der Waals surface area (Å²) >= 11 is 0. The van der Waals surface area contributed by atoms with Crippen molar-refractivity contribution >= 4 is 35.8 Å². The third-order valence-electron chi connectivity index (χ3n) is 5.20. The summed E-state index contributed by atoms with van der Waals surface area (Å²) in [6.07, 6.45) is 1.64. The molecule has 1 aliphatic rings. The molecular weight excluding hydrogens is 503 g/mol. The van der Waals surface area contributed by atoms with Crippen LogP contribution >= 0.6 is 24.0 Å². The van der Waals surface area contributed by atoms with Crippen molar-refractivity contribution in [2.24, 2.45) is 4.99 Å². The van der Waals surface area contributed by atoms with Crippen LogP contribution in [0.1, 0.15) is 47.8 Å². The lowest BCUT2D eigenvalue weighted by atomic mass is 9.90. The van der Waals surface area contributed by atoms with Crippen LogP contribution in [0.2, 0.25) is 0 Å². The molecule has 0 saturated heterocycles. The maximum atomic E-state index is 12.2. The fourth-order valence-electron chi connectivity index (χ4n) is 3.73. The number of nitrogens with zero attached hydrogens (tertiary/aromatic N) is 2. The first-order chi connectivity index (χ1) is 14.3. The second kappa shape index (κ2) is 10.8. The normalized spacial score (nSPS) is 16.9. The highest BCUT2D eigenvalue weighted by Crippen LogP contribution is 2.39. The molecule has 1 atom stereocenters. The molecule has 0 aliphatic carbocycles. The number of amides is 1. The summed E-state index contributed by atoms with van der Waals surface area (Å²) in [5, 5.41) is 6.94. The number of fused-ring (bicyclic) bond motifs is 1. The third-order valence-corrected chi connectivity index (χ3v) is 5.20.